The van der Waals surface area contributed by atoms with Gasteiger partial charge in [0.2, 0.25) is 0 Å². The molecule has 0 amide bonds. The number of aromatic nitrogens is 2. The first-order valence-electron chi connectivity index (χ1n) is 11.5. The van der Waals surface area contributed by atoms with Crippen LogP contribution in [0.3, 0.4) is 0 Å². The van der Waals surface area contributed by atoms with Crippen molar-refractivity contribution in [3.63, 3.8) is 0 Å². The lowest BCUT2D eigenvalue weighted by atomic mass is 9.93. The van der Waals surface area contributed by atoms with Crippen molar-refractivity contribution in [3.05, 3.63) is 101 Å². The second kappa shape index (κ2) is 10.0. The van der Waals surface area contributed by atoms with Crippen LogP contribution in [0.2, 0.25) is 0 Å². The molecular weight excluding hydrogens is 442 g/mol. The van der Waals surface area contributed by atoms with Crippen LogP contribution in [0.15, 0.2) is 73.1 Å². The van der Waals surface area contributed by atoms with Crippen molar-refractivity contribution in [1.82, 2.24) is 14.7 Å². The van der Waals surface area contributed by atoms with Crippen LogP contribution in [-0.2, 0) is 17.8 Å². The van der Waals surface area contributed by atoms with Gasteiger partial charge in [-0.1, -0.05) is 36.4 Å². The molecule has 0 saturated heterocycles. The van der Waals surface area contributed by atoms with Gasteiger partial charge in [0, 0.05) is 12.7 Å². The van der Waals surface area contributed by atoms with E-state index in [1.807, 2.05) is 47.0 Å². The van der Waals surface area contributed by atoms with Crippen molar-refractivity contribution in [2.75, 3.05) is 20.8 Å². The Kier molecular flexibility index (Phi) is 6.50. The number of carbonyl (C=O) groups is 1. The quantitative estimate of drug-likeness (QED) is 0.399. The maximum absolute atomic E-state index is 11.8. The van der Waals surface area contributed by atoms with Gasteiger partial charge in [-0.2, -0.15) is 0 Å². The predicted molar refractivity (Wildman–Crippen MR) is 134 cm³/mol. The van der Waals surface area contributed by atoms with Gasteiger partial charge in [-0.15, -0.1) is 0 Å². The van der Waals surface area contributed by atoms with E-state index < -0.39 is 0 Å². The normalized spacial score (nSPS) is 15.2. The minimum atomic E-state index is -0.378. The number of fused-ring (bicyclic) bond motifs is 2. The lowest BCUT2D eigenvalue weighted by Gasteiger charge is -2.26. The first kappa shape index (κ1) is 22.7. The van der Waals surface area contributed by atoms with E-state index in [4.69, 9.17) is 14.2 Å². The molecule has 7 nitrogen and oxygen atoms in total. The molecule has 35 heavy (non-hydrogen) atoms. The van der Waals surface area contributed by atoms with E-state index in [9.17, 15) is 4.79 Å². The number of nitrogens with one attached hydrogen (secondary N) is 1. The standard InChI is InChI=1S/C28H27N3O4/c1-33-25-16-23-20(14-26(25)35-18-19-6-4-3-5-7-19)10-12-29-24(23)9-8-22-17-30-27-15-21(28(32)34-2)11-13-31(22)27/h3-9,11,13-17,24,29H,10,12,18H2,1-2H3/b9-8+. The van der Waals surface area contributed by atoms with Crippen LogP contribution in [0, 0.1) is 0 Å². The Morgan fingerprint density at radius 3 is 2.80 bits per heavy atom. The predicted octanol–water partition coefficient (Wildman–Crippen LogP) is 4.61. The highest BCUT2D eigenvalue weighted by Gasteiger charge is 2.21. The highest BCUT2D eigenvalue weighted by atomic mass is 16.5. The third-order valence-corrected chi connectivity index (χ3v) is 6.18. The fourth-order valence-electron chi connectivity index (χ4n) is 4.34. The minimum absolute atomic E-state index is 0.0238. The molecule has 5 rings (SSSR count). The van der Waals surface area contributed by atoms with Crippen LogP contribution in [0.4, 0.5) is 0 Å². The molecule has 0 saturated carbocycles. The molecule has 0 radical (unpaired) electrons. The van der Waals surface area contributed by atoms with Gasteiger partial charge in [0.25, 0.3) is 0 Å². The third-order valence-electron chi connectivity index (χ3n) is 6.18. The lowest BCUT2D eigenvalue weighted by Crippen LogP contribution is -2.28. The number of methoxy groups -OCH3 is 2. The summed E-state index contributed by atoms with van der Waals surface area (Å²) >= 11 is 0. The average Bonchev–Trinajstić information content (AvgIpc) is 3.32. The van der Waals surface area contributed by atoms with E-state index in [1.54, 1.807) is 25.4 Å². The fourth-order valence-corrected chi connectivity index (χ4v) is 4.34. The molecule has 7 heteroatoms. The Labute approximate surface area is 204 Å². The number of pyridine rings is 1. The van der Waals surface area contributed by atoms with Crippen LogP contribution in [0.5, 0.6) is 11.5 Å². The molecule has 2 aromatic carbocycles. The Bertz CT molecular complexity index is 1380. The smallest absolute Gasteiger partial charge is 0.338 e. The minimum Gasteiger partial charge on any atom is -0.493 e. The fraction of sp³-hybridized carbons (Fsp3) is 0.214. The molecule has 2 aromatic heterocycles. The molecule has 0 spiro atoms. The first-order chi connectivity index (χ1) is 17.2. The molecule has 1 aliphatic rings. The molecule has 1 unspecified atom stereocenters. The third kappa shape index (κ3) is 4.76. The maximum Gasteiger partial charge on any atom is 0.338 e. The molecule has 4 aromatic rings. The number of hydrogen-bond acceptors (Lipinski definition) is 6. The van der Waals surface area contributed by atoms with Crippen LogP contribution in [0.25, 0.3) is 11.7 Å². The Morgan fingerprint density at radius 1 is 1.14 bits per heavy atom. The van der Waals surface area contributed by atoms with Crippen LogP contribution >= 0.6 is 0 Å². The Morgan fingerprint density at radius 2 is 2.00 bits per heavy atom. The zero-order valence-electron chi connectivity index (χ0n) is 19.7. The maximum atomic E-state index is 11.8. The Balaban J connectivity index is 1.38. The van der Waals surface area contributed by atoms with Crippen LogP contribution in [0.1, 0.15) is 38.8 Å². The highest BCUT2D eigenvalue weighted by Crippen LogP contribution is 2.36. The summed E-state index contributed by atoms with van der Waals surface area (Å²) in [5, 5.41) is 3.57. The van der Waals surface area contributed by atoms with E-state index in [0.29, 0.717) is 23.6 Å². The van der Waals surface area contributed by atoms with Gasteiger partial charge >= 0.3 is 5.97 Å². The molecule has 1 atom stereocenters. The van der Waals surface area contributed by atoms with E-state index in [2.05, 4.69) is 28.5 Å². The summed E-state index contributed by atoms with van der Waals surface area (Å²) in [6.45, 7) is 1.35. The summed E-state index contributed by atoms with van der Waals surface area (Å²) in [6, 6.07) is 17.7. The number of esters is 1. The molecular formula is C28H27N3O4. The van der Waals surface area contributed by atoms with Crippen molar-refractivity contribution in [3.8, 4) is 11.5 Å². The van der Waals surface area contributed by atoms with E-state index >= 15 is 0 Å². The Hall–Kier alpha value is -4.10. The van der Waals surface area contributed by atoms with Crippen molar-refractivity contribution in [1.29, 1.82) is 0 Å². The number of rotatable bonds is 7. The van der Waals surface area contributed by atoms with Gasteiger partial charge in [0.05, 0.1) is 37.7 Å². The largest absolute Gasteiger partial charge is 0.493 e. The van der Waals surface area contributed by atoms with Crippen molar-refractivity contribution in [2.45, 2.75) is 19.1 Å². The van der Waals surface area contributed by atoms with Crippen molar-refractivity contribution >= 4 is 17.7 Å². The zero-order valence-corrected chi connectivity index (χ0v) is 19.7. The van der Waals surface area contributed by atoms with Crippen molar-refractivity contribution < 1.29 is 19.0 Å². The molecule has 0 fully saturated rings. The summed E-state index contributed by atoms with van der Waals surface area (Å²) in [7, 11) is 3.04. The van der Waals surface area contributed by atoms with E-state index in [-0.39, 0.29) is 12.0 Å². The summed E-state index contributed by atoms with van der Waals surface area (Å²) < 4.78 is 18.5. The van der Waals surface area contributed by atoms with Gasteiger partial charge < -0.3 is 23.9 Å². The number of hydrogen-bond donors (Lipinski definition) is 1. The topological polar surface area (TPSA) is 74.1 Å². The SMILES string of the molecule is COC(=O)c1ccn2c(/C=C/C3NCCc4cc(OCc5ccccc5)c(OC)cc43)cnc2c1. The van der Waals surface area contributed by atoms with Gasteiger partial charge in [-0.25, -0.2) is 9.78 Å². The van der Waals surface area contributed by atoms with E-state index in [0.717, 1.165) is 30.0 Å². The zero-order chi connectivity index (χ0) is 24.2. The second-order valence-electron chi connectivity index (χ2n) is 8.34. The monoisotopic (exact) mass is 469 g/mol. The molecule has 3 heterocycles. The number of imidazole rings is 1. The summed E-state index contributed by atoms with van der Waals surface area (Å²) in [4.78, 5) is 16.2. The number of carbonyl (C=O) groups excluding carboxylic acids is 1. The number of nitrogens with zero attached hydrogens (tertiary/aromatic N) is 2. The first-order valence-corrected chi connectivity index (χ1v) is 11.5. The highest BCUT2D eigenvalue weighted by molar-refractivity contribution is 5.90. The number of ether oxygens (including phenoxy) is 3. The van der Waals surface area contributed by atoms with Gasteiger partial charge in [0.15, 0.2) is 11.5 Å². The molecule has 0 bridgehead atoms. The van der Waals surface area contributed by atoms with Gasteiger partial charge in [-0.3, -0.25) is 0 Å². The van der Waals surface area contributed by atoms with Gasteiger partial charge in [0.1, 0.15) is 12.3 Å². The van der Waals surface area contributed by atoms with E-state index in [1.165, 1.54) is 18.2 Å². The summed E-state index contributed by atoms with van der Waals surface area (Å²) in [5.41, 5.74) is 5.59. The van der Waals surface area contributed by atoms with Crippen LogP contribution in [-0.4, -0.2) is 36.1 Å². The second-order valence-corrected chi connectivity index (χ2v) is 8.34. The average molecular weight is 470 g/mol. The summed E-state index contributed by atoms with van der Waals surface area (Å²) in [6.07, 6.45) is 8.70. The summed E-state index contributed by atoms with van der Waals surface area (Å²) in [5.74, 6) is 1.09. The lowest BCUT2D eigenvalue weighted by molar-refractivity contribution is 0.0600. The molecule has 1 N–H and O–H groups in total. The van der Waals surface area contributed by atoms with Crippen LogP contribution < -0.4 is 14.8 Å². The van der Waals surface area contributed by atoms with Gasteiger partial charge in [-0.05, 0) is 53.5 Å². The molecule has 178 valence electrons. The molecule has 0 aliphatic carbocycles. The number of benzene rings is 2. The van der Waals surface area contributed by atoms with Crippen molar-refractivity contribution in [2.24, 2.45) is 0 Å². The molecule has 1 aliphatic heterocycles.